The molecule has 0 saturated carbocycles. The molecule has 2 aromatic heterocycles. The number of carbonyl (C=O) groups is 1. The summed E-state index contributed by atoms with van der Waals surface area (Å²) in [6.07, 6.45) is 1.74. The predicted octanol–water partition coefficient (Wildman–Crippen LogP) is 5.19. The van der Waals surface area contributed by atoms with E-state index >= 15 is 0 Å². The normalized spacial score (nSPS) is 11.0. The third-order valence-corrected chi connectivity index (χ3v) is 5.40. The van der Waals surface area contributed by atoms with Crippen molar-refractivity contribution in [1.29, 1.82) is 0 Å². The Morgan fingerprint density at radius 3 is 2.54 bits per heavy atom. The van der Waals surface area contributed by atoms with Crippen LogP contribution in [0.2, 0.25) is 0 Å². The SMILES string of the molecule is Cc1ccc(C)c(N(C(=O)c2sc(-c3ccccn3)nc2C)C(C)C)c1. The summed E-state index contributed by atoms with van der Waals surface area (Å²) in [4.78, 5) is 24.9. The highest BCUT2D eigenvalue weighted by atomic mass is 32.1. The minimum atomic E-state index is -0.00844. The summed E-state index contributed by atoms with van der Waals surface area (Å²) < 4.78 is 0. The average molecular weight is 366 g/mol. The molecule has 0 atom stereocenters. The van der Waals surface area contributed by atoms with Crippen LogP contribution in [0.15, 0.2) is 42.6 Å². The average Bonchev–Trinajstić information content (AvgIpc) is 3.00. The molecule has 0 N–H and O–H groups in total. The van der Waals surface area contributed by atoms with Crippen LogP contribution in [0.1, 0.15) is 40.3 Å². The van der Waals surface area contributed by atoms with Gasteiger partial charge in [-0.15, -0.1) is 11.3 Å². The first-order valence-electron chi connectivity index (χ1n) is 8.68. The van der Waals surface area contributed by atoms with Gasteiger partial charge in [-0.2, -0.15) is 0 Å². The Bertz CT molecular complexity index is 932. The molecule has 4 nitrogen and oxygen atoms in total. The number of rotatable bonds is 4. The largest absolute Gasteiger partial charge is 0.305 e. The molecule has 1 amide bonds. The molecule has 0 aliphatic heterocycles. The minimum absolute atomic E-state index is 0.00844. The summed E-state index contributed by atoms with van der Waals surface area (Å²) in [6.45, 7) is 10.0. The number of benzene rings is 1. The van der Waals surface area contributed by atoms with Gasteiger partial charge < -0.3 is 4.90 Å². The first kappa shape index (κ1) is 18.3. The highest BCUT2D eigenvalue weighted by Gasteiger charge is 2.26. The lowest BCUT2D eigenvalue weighted by molar-refractivity contribution is 0.0983. The maximum Gasteiger partial charge on any atom is 0.270 e. The van der Waals surface area contributed by atoms with Crippen LogP contribution < -0.4 is 4.90 Å². The lowest BCUT2D eigenvalue weighted by atomic mass is 10.1. The number of pyridine rings is 1. The smallest absolute Gasteiger partial charge is 0.270 e. The van der Waals surface area contributed by atoms with Gasteiger partial charge in [0.25, 0.3) is 5.91 Å². The van der Waals surface area contributed by atoms with Gasteiger partial charge >= 0.3 is 0 Å². The van der Waals surface area contributed by atoms with Crippen molar-refractivity contribution in [3.63, 3.8) is 0 Å². The standard InChI is InChI=1S/C21H23N3OS/c1-13(2)24(18-12-14(3)9-10-15(18)4)21(25)19-16(5)23-20(26-19)17-8-6-7-11-22-17/h6-13H,1-5H3. The number of hydrogen-bond donors (Lipinski definition) is 0. The van der Waals surface area contributed by atoms with Crippen molar-refractivity contribution in [3.8, 4) is 10.7 Å². The van der Waals surface area contributed by atoms with E-state index in [9.17, 15) is 4.79 Å². The lowest BCUT2D eigenvalue weighted by Crippen LogP contribution is -2.37. The second kappa shape index (κ2) is 7.38. The monoisotopic (exact) mass is 365 g/mol. The molecule has 0 unspecified atom stereocenters. The van der Waals surface area contributed by atoms with Crippen LogP contribution in [0.4, 0.5) is 5.69 Å². The second-order valence-electron chi connectivity index (χ2n) is 6.71. The summed E-state index contributed by atoms with van der Waals surface area (Å²) in [5, 5.41) is 0.774. The molecule has 3 rings (SSSR count). The van der Waals surface area contributed by atoms with Gasteiger partial charge in [0.1, 0.15) is 9.88 Å². The Morgan fingerprint density at radius 1 is 1.12 bits per heavy atom. The highest BCUT2D eigenvalue weighted by Crippen LogP contribution is 2.31. The topological polar surface area (TPSA) is 46.1 Å². The van der Waals surface area contributed by atoms with Gasteiger partial charge in [0.15, 0.2) is 0 Å². The fraction of sp³-hybridized carbons (Fsp3) is 0.286. The number of aromatic nitrogens is 2. The minimum Gasteiger partial charge on any atom is -0.305 e. The van der Waals surface area contributed by atoms with E-state index in [0.717, 1.165) is 33.2 Å². The van der Waals surface area contributed by atoms with E-state index in [2.05, 4.69) is 28.2 Å². The van der Waals surface area contributed by atoms with Crippen molar-refractivity contribution >= 4 is 22.9 Å². The van der Waals surface area contributed by atoms with Crippen molar-refractivity contribution in [2.75, 3.05) is 4.90 Å². The van der Waals surface area contributed by atoms with Crippen LogP contribution in [-0.4, -0.2) is 21.9 Å². The number of thiazole rings is 1. The maximum atomic E-state index is 13.4. The first-order chi connectivity index (χ1) is 12.4. The van der Waals surface area contributed by atoms with E-state index < -0.39 is 0 Å². The Labute approximate surface area is 158 Å². The molecule has 0 radical (unpaired) electrons. The van der Waals surface area contributed by atoms with E-state index in [1.807, 2.05) is 57.7 Å². The molecular formula is C21H23N3OS. The van der Waals surface area contributed by atoms with Crippen LogP contribution >= 0.6 is 11.3 Å². The van der Waals surface area contributed by atoms with Gasteiger partial charge in [0, 0.05) is 17.9 Å². The summed E-state index contributed by atoms with van der Waals surface area (Å²) in [5.74, 6) is -0.00844. The zero-order chi connectivity index (χ0) is 18.8. The quantitative estimate of drug-likeness (QED) is 0.639. The van der Waals surface area contributed by atoms with E-state index in [-0.39, 0.29) is 11.9 Å². The molecule has 2 heterocycles. The van der Waals surface area contributed by atoms with Crippen LogP contribution in [0, 0.1) is 20.8 Å². The number of hydrogen-bond acceptors (Lipinski definition) is 4. The maximum absolute atomic E-state index is 13.4. The Hall–Kier alpha value is -2.53. The zero-order valence-corrected chi connectivity index (χ0v) is 16.6. The molecule has 3 aromatic rings. The molecule has 26 heavy (non-hydrogen) atoms. The van der Waals surface area contributed by atoms with E-state index in [0.29, 0.717) is 4.88 Å². The van der Waals surface area contributed by atoms with Crippen molar-refractivity contribution in [1.82, 2.24) is 9.97 Å². The van der Waals surface area contributed by atoms with Gasteiger partial charge in [-0.05, 0) is 63.9 Å². The molecule has 0 spiro atoms. The van der Waals surface area contributed by atoms with E-state index in [1.54, 1.807) is 6.20 Å². The van der Waals surface area contributed by atoms with Crippen molar-refractivity contribution in [2.45, 2.75) is 40.7 Å². The number of carbonyl (C=O) groups excluding carboxylic acids is 1. The first-order valence-corrected chi connectivity index (χ1v) is 9.49. The third-order valence-electron chi connectivity index (χ3n) is 4.23. The van der Waals surface area contributed by atoms with Gasteiger partial charge in [0.05, 0.1) is 11.4 Å². The number of anilines is 1. The van der Waals surface area contributed by atoms with Crippen LogP contribution in [0.5, 0.6) is 0 Å². The molecule has 0 aliphatic carbocycles. The molecule has 5 heteroatoms. The third kappa shape index (κ3) is 3.53. The molecule has 0 bridgehead atoms. The molecule has 0 aliphatic rings. The molecule has 0 saturated heterocycles. The van der Waals surface area contributed by atoms with E-state index in [1.165, 1.54) is 11.3 Å². The summed E-state index contributed by atoms with van der Waals surface area (Å²) in [5.41, 5.74) is 4.72. The number of nitrogens with zero attached hydrogens (tertiary/aromatic N) is 3. The molecule has 0 fully saturated rings. The lowest BCUT2D eigenvalue weighted by Gasteiger charge is -2.28. The number of aryl methyl sites for hydroxylation is 3. The van der Waals surface area contributed by atoms with Crippen LogP contribution in [-0.2, 0) is 0 Å². The molecular weight excluding hydrogens is 342 g/mol. The van der Waals surface area contributed by atoms with Crippen molar-refractivity contribution in [2.24, 2.45) is 0 Å². The highest BCUT2D eigenvalue weighted by molar-refractivity contribution is 7.17. The van der Waals surface area contributed by atoms with E-state index in [4.69, 9.17) is 0 Å². The number of amides is 1. The van der Waals surface area contributed by atoms with Gasteiger partial charge in [-0.3, -0.25) is 9.78 Å². The van der Waals surface area contributed by atoms with Gasteiger partial charge in [-0.25, -0.2) is 4.98 Å². The van der Waals surface area contributed by atoms with Crippen LogP contribution in [0.25, 0.3) is 10.7 Å². The van der Waals surface area contributed by atoms with Crippen LogP contribution in [0.3, 0.4) is 0 Å². The summed E-state index contributed by atoms with van der Waals surface area (Å²) >= 11 is 1.41. The van der Waals surface area contributed by atoms with Crippen molar-refractivity contribution < 1.29 is 4.79 Å². The molecule has 134 valence electrons. The second-order valence-corrected chi connectivity index (χ2v) is 7.71. The summed E-state index contributed by atoms with van der Waals surface area (Å²) in [6, 6.07) is 12.0. The van der Waals surface area contributed by atoms with Gasteiger partial charge in [-0.1, -0.05) is 18.2 Å². The Balaban J connectivity index is 2.04. The fourth-order valence-corrected chi connectivity index (χ4v) is 3.88. The molecule has 1 aromatic carbocycles. The Kier molecular flexibility index (Phi) is 5.18. The predicted molar refractivity (Wildman–Crippen MR) is 108 cm³/mol. The Morgan fingerprint density at radius 2 is 1.88 bits per heavy atom. The zero-order valence-electron chi connectivity index (χ0n) is 15.8. The summed E-state index contributed by atoms with van der Waals surface area (Å²) in [7, 11) is 0. The van der Waals surface area contributed by atoms with Crippen molar-refractivity contribution in [3.05, 3.63) is 64.3 Å². The van der Waals surface area contributed by atoms with Gasteiger partial charge in [0.2, 0.25) is 0 Å². The fourth-order valence-electron chi connectivity index (χ4n) is 2.90.